The summed E-state index contributed by atoms with van der Waals surface area (Å²) in [4.78, 5) is 79.8. The normalized spacial score (nSPS) is 14.5. The van der Waals surface area contributed by atoms with Gasteiger partial charge in [-0.3, -0.25) is 27.9 Å². The summed E-state index contributed by atoms with van der Waals surface area (Å²) in [6.07, 6.45) is 6.60. The van der Waals surface area contributed by atoms with Crippen LogP contribution in [0.1, 0.15) is 192 Å². The molecule has 0 amide bonds. The van der Waals surface area contributed by atoms with Gasteiger partial charge in [-0.1, -0.05) is 162 Å². The number of aromatic hydroxyl groups is 1. The number of nitrogens with two attached hydrogens (primary N) is 1. The Labute approximate surface area is 881 Å². The Balaban J connectivity index is 0.000000784. The minimum atomic E-state index is -0.476. The predicted molar refractivity (Wildman–Crippen MR) is 586 cm³/mol. The van der Waals surface area contributed by atoms with E-state index >= 15 is 0 Å². The van der Waals surface area contributed by atoms with Crippen LogP contribution in [0.3, 0.4) is 0 Å². The Bertz CT molecular complexity index is 6330. The number of phenolic OH excluding ortho intramolecular Hbond substituents is 1. The number of nitrogens with zero attached hydrogens (tertiary/aromatic N) is 6. The molecule has 7 aromatic heterocycles. The summed E-state index contributed by atoms with van der Waals surface area (Å²) in [5, 5.41) is 8.90. The van der Waals surface area contributed by atoms with Crippen LogP contribution in [-0.4, -0.2) is 123 Å². The van der Waals surface area contributed by atoms with Gasteiger partial charge >= 0.3 is 50.1 Å². The Morgan fingerprint density at radius 3 is 1.23 bits per heavy atom. The van der Waals surface area contributed by atoms with Crippen molar-refractivity contribution in [3.63, 3.8) is 0 Å². The third-order valence-corrected chi connectivity index (χ3v) is 24.4. The Kier molecular flexibility index (Phi) is 51.4. The molecule has 28 nitrogen and oxygen atoms in total. The molecule has 0 spiro atoms. The average Bonchev–Trinajstić information content (AvgIpc) is 1.59. The largest absolute Gasteiger partial charge is 0.506 e. The van der Waals surface area contributed by atoms with E-state index in [9.17, 15) is 28.8 Å². The monoisotopic (exact) mass is 2410 g/mol. The summed E-state index contributed by atoms with van der Waals surface area (Å²) in [5.41, 5.74) is 17.8. The maximum Gasteiger partial charge on any atom is 0.494 e. The van der Waals surface area contributed by atoms with Crippen molar-refractivity contribution in [2.45, 2.75) is 255 Å². The number of esters is 1. The number of halogens is 6. The molecule has 0 bridgehead atoms. The van der Waals surface area contributed by atoms with Crippen LogP contribution in [0.5, 0.6) is 23.3 Å². The molecular weight excluding hydrogens is 2280 g/mol. The van der Waals surface area contributed by atoms with E-state index in [1.165, 1.54) is 4.43 Å². The molecule has 137 heavy (non-hydrogen) atoms. The Hall–Kier alpha value is -7.76. The molecule has 3 saturated heterocycles. The zero-order chi connectivity index (χ0) is 98.5. The van der Waals surface area contributed by atoms with Gasteiger partial charge in [-0.2, -0.15) is 6.42 Å². The van der Waals surface area contributed by atoms with Gasteiger partial charge in [0.2, 0.25) is 17.3 Å². The number of nitrogen functional groups attached to an aromatic ring is 1. The second-order valence-corrected chi connectivity index (χ2v) is 37.9. The number of aromatic nitrogens is 7. The number of phenols is 1. The van der Waals surface area contributed by atoms with Crippen LogP contribution in [0, 0.1) is 27.7 Å². The third kappa shape index (κ3) is 32.6. The number of oxazole rings is 4. The van der Waals surface area contributed by atoms with Crippen molar-refractivity contribution in [2.24, 2.45) is 0 Å². The fourth-order valence-corrected chi connectivity index (χ4v) is 14.3. The fraction of sp³-hybridized carbons (Fsp3) is 0.424. The molecule has 0 aliphatic carbocycles. The van der Waals surface area contributed by atoms with Crippen LogP contribution in [-0.2, 0) is 83.9 Å². The molecule has 1 radical (unpaired) electrons. The zero-order valence-corrected chi connectivity index (χ0v) is 90.7. The molecule has 4 aliphatic heterocycles. The van der Waals surface area contributed by atoms with E-state index in [0.717, 1.165) is 96.3 Å². The van der Waals surface area contributed by atoms with Gasteiger partial charge in [0, 0.05) is 117 Å². The van der Waals surface area contributed by atoms with Gasteiger partial charge in [0.05, 0.1) is 82.0 Å². The van der Waals surface area contributed by atoms with Gasteiger partial charge in [-0.25, -0.2) is 29.1 Å². The van der Waals surface area contributed by atoms with Crippen molar-refractivity contribution in [1.82, 2.24) is 33.2 Å². The van der Waals surface area contributed by atoms with Crippen LogP contribution in [0.25, 0.3) is 66.7 Å². The van der Waals surface area contributed by atoms with Crippen LogP contribution >= 0.6 is 109 Å². The minimum Gasteiger partial charge on any atom is -0.506 e. The van der Waals surface area contributed by atoms with Crippen molar-refractivity contribution in [2.75, 3.05) is 29.3 Å². The first-order valence-corrected chi connectivity index (χ1v) is 48.3. The quantitative estimate of drug-likeness (QED) is 0.0167. The summed E-state index contributed by atoms with van der Waals surface area (Å²) >= 11 is 17.5. The number of pyridine rings is 3. The number of hydrogen-bond donors (Lipinski definition) is 3. The number of ether oxygens (including phenoxy) is 3. The summed E-state index contributed by atoms with van der Waals surface area (Å²) in [6, 6.07) is 38.2. The standard InChI is InChI=1S/C16H16N2O3.C15H20BNO4.C15H14N2O3.C12H24B2O4.C9H8BrNO2.C8H5BrO2.C7H8BrNO.C6H6BrNO.C3H7.C2H5I.CH3I.5CH4.V/c1-4-18-13-8-11(5-6-14(13)21-16(18)19)12-9-17-15(20-3)7-10(12)2;1-6-17-11-9-10(7-8-12(11)19-13(17)18)16-20-14(2,3)15(4,5)21-16;1-3-17-12-7-10(4-5-13(12)20-15(17)19)11-8-16-14(18)6-9(11)2;1-9(2)10(3,4)16-13(15-9)14-17-11(5,6)12(7,8)18-14;1-2-11-7-5-6(10)3-4-8(7)13-9(11)12;9-6-1-2-7-5(3-6)4-8(10)11-7;1-5-3-7(10-2)9-4-6(5)8;7-4-1-2-6(9)5(8)3-4;1-3-2;1-2-3;1-2;;;;;;/h5-9H,4H2,1-3H3;7-9H,6H2,1-5H3;4-8H,3H2,1-2H3,(H,16,18);1-8H3;3-5H,2H2,1H3;1-3H,4H2;3-4H,1-2H3;1-3,9H,8H2;1,3H2,2H3;2H2,1H3;1H3;5*1H4;/q;;;;;;;;-1;;;;;;;;/i;;;;;;;;;;1D;;;;;;. The maximum atomic E-state index is 11.7. The van der Waals surface area contributed by atoms with E-state index in [1.807, 2.05) is 240 Å². The molecule has 38 heteroatoms. The van der Waals surface area contributed by atoms with Crippen molar-refractivity contribution < 1.29 is 89.6 Å². The number of rotatable bonds is 10. The van der Waals surface area contributed by atoms with Crippen molar-refractivity contribution in [1.29, 1.82) is 0 Å². The smallest absolute Gasteiger partial charge is 0.494 e. The van der Waals surface area contributed by atoms with E-state index in [4.69, 9.17) is 72.0 Å². The van der Waals surface area contributed by atoms with Gasteiger partial charge < -0.3 is 82.6 Å². The topological polar surface area (TPSA) is 346 Å². The van der Waals surface area contributed by atoms with Gasteiger partial charge in [-0.05, 0) is 281 Å². The maximum absolute atomic E-state index is 11.7. The molecule has 11 heterocycles. The van der Waals surface area contributed by atoms with E-state index in [1.54, 1.807) is 99.6 Å². The summed E-state index contributed by atoms with van der Waals surface area (Å²) in [5.74, 6) is 0.586. The van der Waals surface area contributed by atoms with Crippen molar-refractivity contribution in [3.8, 4) is 45.5 Å². The molecule has 6 aromatic carbocycles. The first kappa shape index (κ1) is 125. The molecule has 17 rings (SSSR count). The second-order valence-electron chi connectivity index (χ2n) is 32.8. The number of H-pyrrole nitrogens is 1. The summed E-state index contributed by atoms with van der Waals surface area (Å²) in [7, 11) is 1.82. The summed E-state index contributed by atoms with van der Waals surface area (Å²) < 4.78 is 89.1. The number of aromatic amines is 1. The molecule has 3 fully saturated rings. The first-order valence-electron chi connectivity index (χ1n) is 42.8. The Morgan fingerprint density at radius 2 is 0.839 bits per heavy atom. The van der Waals surface area contributed by atoms with Crippen molar-refractivity contribution >= 4 is 192 Å². The van der Waals surface area contributed by atoms with Gasteiger partial charge in [-0.15, -0.1) is 0 Å². The van der Waals surface area contributed by atoms with Crippen LogP contribution < -0.4 is 54.0 Å². The number of anilines is 1. The average molecular weight is 2420 g/mol. The van der Waals surface area contributed by atoms with Gasteiger partial charge in [0.1, 0.15) is 11.5 Å². The summed E-state index contributed by atoms with van der Waals surface area (Å²) in [6.45, 7) is 47.8. The van der Waals surface area contributed by atoms with Gasteiger partial charge in [0.25, 0.3) is 0 Å². The molecule has 0 atom stereocenters. The molecule has 4 N–H and O–H groups in total. The SMILES string of the molecule is C.C.C.C.C.CC1(C)OB(B2OC(C)(C)C(C)(C)O2)OC1(C)C.CCI.CCn1c(=O)oc2ccc(-c3c[nH]c(=O)cc3C)cc21.CCn1c(=O)oc2ccc(-c3cnc(OC)cc3C)cc21.CCn1c(=O)oc2ccc(B3OC(C)(C)C(C)(C)O3)cc21.CCn1c(=O)oc2ccc(Br)cc21.COc1cc(C)c(Br)cn1.Nc1cc(Br)ccc1O.O=C1Cc2cc(Br)ccc2O1.[2H]CI.[CH2-]CC.[V]. The first-order chi connectivity index (χ1) is 62.0. The number of fused-ring (bicyclic) bond motifs is 5. The van der Waals surface area contributed by atoms with Crippen LogP contribution in [0.15, 0.2) is 206 Å². The third-order valence-electron chi connectivity index (χ3n) is 22.1. The van der Waals surface area contributed by atoms with E-state index < -0.39 is 21.1 Å². The number of alkyl halides is 2. The second kappa shape index (κ2) is 56.2. The molecular formula is C99H136B3Br4I2N8O20V-. The molecule has 13 aromatic rings. The van der Waals surface area contributed by atoms with E-state index in [2.05, 4.69) is 115 Å². The Morgan fingerprint density at radius 1 is 0.496 bits per heavy atom. The molecule has 0 saturated carbocycles. The van der Waals surface area contributed by atoms with Crippen LogP contribution in [0.2, 0.25) is 0 Å². The van der Waals surface area contributed by atoms with Gasteiger partial charge in [0.15, 0.2) is 22.3 Å². The van der Waals surface area contributed by atoms with Crippen molar-refractivity contribution in [3.05, 3.63) is 246 Å². The van der Waals surface area contributed by atoms with E-state index in [0.29, 0.717) is 83.0 Å². The number of aryl methyl sites for hydroxylation is 7. The number of nitrogens with one attached hydrogen (secondary N) is 1. The predicted octanol–water partition coefficient (Wildman–Crippen LogP) is 24.5. The fourth-order valence-electron chi connectivity index (χ4n) is 13.0. The number of methoxy groups -OCH3 is 2. The van der Waals surface area contributed by atoms with E-state index in [-0.39, 0.29) is 130 Å². The zero-order valence-electron chi connectivity index (χ0n) is 79.6. The molecule has 0 unspecified atom stereocenters. The minimum absolute atomic E-state index is 0. The van der Waals surface area contributed by atoms with Crippen LogP contribution in [0.4, 0.5) is 5.69 Å². The number of hydrogen-bond acceptors (Lipinski definition) is 23. The number of carbonyl (C=O) groups is 1. The molecule has 4 aliphatic rings. The molecule has 749 valence electrons. The number of carbonyl (C=O) groups excluding carboxylic acids is 1. The number of benzene rings is 6.